The highest BCUT2D eigenvalue weighted by Crippen LogP contribution is 2.45. The zero-order chi connectivity index (χ0) is 76.3. The van der Waals surface area contributed by atoms with E-state index in [-0.39, 0.29) is 135 Å². The molecule has 4 aliphatic carbocycles. The van der Waals surface area contributed by atoms with Gasteiger partial charge in [-0.25, -0.2) is 0 Å². The number of halogens is 7. The van der Waals surface area contributed by atoms with Crippen LogP contribution in [-0.2, 0) is 62.3 Å². The molecule has 7 aliphatic rings. The molecule has 12 amide bonds. The minimum absolute atomic E-state index is 0.00351. The number of carbonyl (C=O) groups is 12. The van der Waals surface area contributed by atoms with Gasteiger partial charge in [-0.1, -0.05) is 47.0 Å². The van der Waals surface area contributed by atoms with Crippen molar-refractivity contribution in [1.29, 1.82) is 0 Å². The van der Waals surface area contributed by atoms with Crippen molar-refractivity contribution in [3.8, 4) is 0 Å². The topological polar surface area (TPSA) is 279 Å². The molecule has 0 aromatic rings. The molecule has 11 atom stereocenters. The molecule has 1 spiro atoms. The van der Waals surface area contributed by atoms with Crippen LogP contribution in [0.5, 0.6) is 0 Å². The van der Waals surface area contributed by atoms with E-state index in [2.05, 4.69) is 16.0 Å². The predicted molar refractivity (Wildman–Crippen MR) is 367 cm³/mol. The lowest BCUT2D eigenvalue weighted by molar-refractivity contribution is -0.184. The van der Waals surface area contributed by atoms with E-state index in [9.17, 15) is 59.9 Å². The molecule has 0 radical (unpaired) electrons. The van der Waals surface area contributed by atoms with Gasteiger partial charge in [0, 0.05) is 73.8 Å². The highest BCUT2D eigenvalue weighted by Gasteiger charge is 2.57. The zero-order valence-corrected chi connectivity index (χ0v) is 62.6. The maximum absolute atomic E-state index is 15.5. The Balaban J connectivity index is 1.26. The molecule has 7 rings (SSSR count). The van der Waals surface area contributed by atoms with Crippen molar-refractivity contribution < 1.29 is 88.6 Å². The van der Waals surface area contributed by atoms with Crippen molar-refractivity contribution in [1.82, 2.24) is 60.0 Å². The van der Waals surface area contributed by atoms with Gasteiger partial charge in [0.2, 0.25) is 70.9 Å². The van der Waals surface area contributed by atoms with Crippen molar-refractivity contribution >= 4 is 82.5 Å². The molecule has 0 bridgehead atoms. The average Bonchev–Trinajstić information content (AvgIpc) is 1.60. The molecule has 32 heteroatoms. The smallest absolute Gasteiger partial charge is 0.378 e. The van der Waals surface area contributed by atoms with Gasteiger partial charge in [-0.3, -0.25) is 57.5 Å². The van der Waals surface area contributed by atoms with Gasteiger partial charge in [-0.2, -0.15) is 26.3 Å². The number of nitrogens with one attached hydrogen (secondary N) is 3. The van der Waals surface area contributed by atoms with Crippen LogP contribution in [0.2, 0.25) is 0 Å². The van der Waals surface area contributed by atoms with Crippen LogP contribution in [0.25, 0.3) is 0 Å². The quantitative estimate of drug-likeness (QED) is 0.165. The second kappa shape index (κ2) is 36.2. The van der Waals surface area contributed by atoms with Crippen LogP contribution in [0, 0.1) is 41.4 Å². The third kappa shape index (κ3) is 21.2. The van der Waals surface area contributed by atoms with Crippen LogP contribution in [-0.4, -0.2) is 282 Å². The summed E-state index contributed by atoms with van der Waals surface area (Å²) in [6.07, 6.45) is -6.89. The molecule has 25 nitrogen and oxygen atoms in total. The van der Waals surface area contributed by atoms with Gasteiger partial charge in [0.05, 0.1) is 51.1 Å². The molecular formula is C71H111ClF6N12O13. The fourth-order valence-corrected chi connectivity index (χ4v) is 16.6. The summed E-state index contributed by atoms with van der Waals surface area (Å²) in [7, 11) is 8.13. The Labute approximate surface area is 606 Å². The van der Waals surface area contributed by atoms with Crippen molar-refractivity contribution in [3.05, 3.63) is 0 Å². The Morgan fingerprint density at radius 1 is 0.621 bits per heavy atom. The van der Waals surface area contributed by atoms with Crippen molar-refractivity contribution in [3.63, 3.8) is 0 Å². The summed E-state index contributed by atoms with van der Waals surface area (Å²) >= 11 is 6.37. The maximum Gasteiger partial charge on any atom is 0.393 e. The summed E-state index contributed by atoms with van der Waals surface area (Å²) in [6.45, 7) is 7.15. The van der Waals surface area contributed by atoms with Crippen LogP contribution < -0.4 is 16.0 Å². The summed E-state index contributed by atoms with van der Waals surface area (Å²) in [4.78, 5) is 189. The Hall–Kier alpha value is -6.53. The minimum atomic E-state index is -4.55. The summed E-state index contributed by atoms with van der Waals surface area (Å²) in [5, 5.41) is 7.24. The normalized spacial score (nSPS) is 30.7. The third-order valence-corrected chi connectivity index (χ3v) is 23.4. The molecule has 7 fully saturated rings. The Bertz CT molecular complexity index is 3040. The predicted octanol–water partition coefficient (Wildman–Crippen LogP) is 5.34. The van der Waals surface area contributed by atoms with Crippen LogP contribution in [0.15, 0.2) is 0 Å². The molecule has 3 saturated heterocycles. The lowest BCUT2D eigenvalue weighted by atomic mass is 9.78. The third-order valence-electron chi connectivity index (χ3n) is 22.9. The maximum atomic E-state index is 15.5. The summed E-state index contributed by atoms with van der Waals surface area (Å²) in [5.74, 6) is -14.2. The number of amides is 12. The number of rotatable bonds is 12. The molecule has 3 aliphatic heterocycles. The highest BCUT2D eigenvalue weighted by molar-refractivity contribution is 6.21. The van der Waals surface area contributed by atoms with Crippen LogP contribution in [0.3, 0.4) is 0 Å². The van der Waals surface area contributed by atoms with Gasteiger partial charge in [0.15, 0.2) is 0 Å². The summed E-state index contributed by atoms with van der Waals surface area (Å²) < 4.78 is 89.5. The van der Waals surface area contributed by atoms with E-state index in [4.69, 9.17) is 16.3 Å². The molecule has 0 aromatic carbocycles. The van der Waals surface area contributed by atoms with Gasteiger partial charge in [0.1, 0.15) is 47.8 Å². The number of hydrogen-bond acceptors (Lipinski definition) is 13. The molecular weight excluding hydrogens is 1380 g/mol. The van der Waals surface area contributed by atoms with E-state index in [1.807, 2.05) is 13.8 Å². The largest absolute Gasteiger partial charge is 0.393 e. The van der Waals surface area contributed by atoms with Gasteiger partial charge >= 0.3 is 12.4 Å². The van der Waals surface area contributed by atoms with Gasteiger partial charge < -0.3 is 64.8 Å². The number of likely N-dealkylation sites (N-methyl/N-ethyl adjacent to an activating group) is 7. The molecule has 3 N–H and O–H groups in total. The number of alkyl halides is 7. The Kier molecular flexibility index (Phi) is 29.4. The first-order chi connectivity index (χ1) is 48.3. The van der Waals surface area contributed by atoms with E-state index >= 15 is 24.0 Å². The van der Waals surface area contributed by atoms with Gasteiger partial charge in [-0.05, 0) is 146 Å². The molecule has 4 saturated carbocycles. The van der Waals surface area contributed by atoms with Gasteiger partial charge in [-0.15, -0.1) is 11.6 Å². The van der Waals surface area contributed by atoms with E-state index in [0.717, 1.165) is 14.7 Å². The fraction of sp³-hybridized carbons (Fsp3) is 0.831. The lowest BCUT2D eigenvalue weighted by Crippen LogP contribution is -2.62. The number of nitrogens with zero attached hydrogens (tertiary/aromatic N) is 9. The second-order valence-electron chi connectivity index (χ2n) is 30.7. The fourth-order valence-electron chi connectivity index (χ4n) is 16.1. The SMILES string of the molecule is CC[C@H](C)[C@@H]1NC(=O)[C@H](CC(C)C)N(C)C(=O)C[C@@H](C(=O)N2CCOCC2)N(C)C(=O)[C@H](C2CCCC2)N(C)C(=O)C2(CC2)NC(=O)[C@@H]2CCCN2C(=O)[C@H](CCC2CCC(C(F)(F)F)C(Cl)C2)NC(=O)CN(C)C(=O)[C@H](CC2CCC(C(F)(F)F)CC2)N(CC)C(=O)CN(C)C(=O)CN(C)C1=O. The standard InChI is InChI=1S/C71H111ClF6N12O13/c1-12-43(5)59-66(100)84(8)40-57(93)82(6)41-58(94)89(13-2)54(37-45-20-24-47(25-21-45)70(73,74)75)64(98)83(7)39-55(91)79-50(27-23-44-22-26-48(49(72)36-44)71(76,77)78)63(97)90-30-16-19-51(90)62(96)81-69(28-29-69)68(102)87(11)60(46-17-14-15-18-46)67(101)86(10)53(65(99)88-31-33-103-34-32-88)38-56(92)85(9)52(35-42(3)4)61(95)80-59/h42-54,59-60H,12-41H2,1-11H3,(H,79,91)(H,80,95)(H,81,96)/t43-,44?,45?,47?,48?,49?,50-,51-,52-,53-,54-,59-,60-/m0/s1. The number of ether oxygens (including phenoxy) is 1. The van der Waals surface area contributed by atoms with Crippen LogP contribution in [0.4, 0.5) is 26.3 Å². The second-order valence-corrected chi connectivity index (χ2v) is 31.2. The Morgan fingerprint density at radius 2 is 1.23 bits per heavy atom. The molecule has 3 unspecified atom stereocenters. The summed E-state index contributed by atoms with van der Waals surface area (Å²) in [6, 6.07) is -9.25. The molecule has 582 valence electrons. The molecule has 3 heterocycles. The molecule has 103 heavy (non-hydrogen) atoms. The van der Waals surface area contributed by atoms with Crippen LogP contribution >= 0.6 is 11.6 Å². The van der Waals surface area contributed by atoms with E-state index in [0.29, 0.717) is 38.5 Å². The Morgan fingerprint density at radius 3 is 1.81 bits per heavy atom. The van der Waals surface area contributed by atoms with Gasteiger partial charge in [0.25, 0.3) is 0 Å². The number of fused-ring (bicyclic) bond motifs is 1. The molecule has 0 aromatic heterocycles. The van der Waals surface area contributed by atoms with Crippen molar-refractivity contribution in [2.45, 2.75) is 235 Å². The first kappa shape index (κ1) is 83.7. The number of carbonyl (C=O) groups excluding carboxylic acids is 12. The highest BCUT2D eigenvalue weighted by atomic mass is 35.5. The summed E-state index contributed by atoms with van der Waals surface area (Å²) in [5.41, 5.74) is -1.55. The van der Waals surface area contributed by atoms with E-state index < -0.39 is 198 Å². The van der Waals surface area contributed by atoms with E-state index in [1.54, 1.807) is 20.8 Å². The lowest BCUT2D eigenvalue weighted by Gasteiger charge is -2.40. The van der Waals surface area contributed by atoms with Crippen molar-refractivity contribution in [2.24, 2.45) is 41.4 Å². The monoisotopic (exact) mass is 1490 g/mol. The minimum Gasteiger partial charge on any atom is -0.378 e. The number of morpholine rings is 1. The van der Waals surface area contributed by atoms with Crippen molar-refractivity contribution in [2.75, 3.05) is 101 Å². The van der Waals surface area contributed by atoms with Crippen LogP contribution in [0.1, 0.15) is 169 Å². The number of hydrogen-bond donors (Lipinski definition) is 3. The van der Waals surface area contributed by atoms with E-state index in [1.165, 1.54) is 71.7 Å². The first-order valence-electron chi connectivity index (χ1n) is 37.0. The first-order valence-corrected chi connectivity index (χ1v) is 37.5. The zero-order valence-electron chi connectivity index (χ0n) is 61.9. The average molecular weight is 1490 g/mol.